The maximum absolute atomic E-state index is 14.3. The summed E-state index contributed by atoms with van der Waals surface area (Å²) in [6, 6.07) is 23.0. The Bertz CT molecular complexity index is 1110. The van der Waals surface area contributed by atoms with Gasteiger partial charge in [0.15, 0.2) is 0 Å². The van der Waals surface area contributed by atoms with Crippen LogP contribution in [0.1, 0.15) is 16.7 Å². The molecule has 0 aliphatic carbocycles. The smallest absolute Gasteiger partial charge is 0.128 e. The lowest BCUT2D eigenvalue weighted by Gasteiger charge is -2.09. The van der Waals surface area contributed by atoms with Crippen molar-refractivity contribution in [3.8, 4) is 22.5 Å². The van der Waals surface area contributed by atoms with Crippen molar-refractivity contribution < 1.29 is 4.39 Å². The minimum atomic E-state index is -0.249. The SMILES string of the molecule is Cc1ccc(-c2nn(Cc3ccccc3F)c(-c3ccc(C)cc3)c2Cl)cc1. The number of nitrogens with zero attached hydrogens (tertiary/aromatic N) is 2. The molecule has 0 aliphatic heterocycles. The van der Waals surface area contributed by atoms with Crippen molar-refractivity contribution in [2.45, 2.75) is 20.4 Å². The van der Waals surface area contributed by atoms with E-state index < -0.39 is 0 Å². The number of rotatable bonds is 4. The van der Waals surface area contributed by atoms with E-state index in [1.165, 1.54) is 17.2 Å². The third kappa shape index (κ3) is 3.58. The van der Waals surface area contributed by atoms with Gasteiger partial charge in [0.25, 0.3) is 0 Å². The summed E-state index contributed by atoms with van der Waals surface area (Å²) in [6.45, 7) is 4.39. The fourth-order valence-electron chi connectivity index (χ4n) is 3.23. The molecule has 0 aliphatic rings. The first kappa shape index (κ1) is 18.5. The van der Waals surface area contributed by atoms with Gasteiger partial charge in [-0.25, -0.2) is 4.39 Å². The van der Waals surface area contributed by atoms with Crippen molar-refractivity contribution in [3.63, 3.8) is 0 Å². The van der Waals surface area contributed by atoms with Gasteiger partial charge in [-0.3, -0.25) is 4.68 Å². The Morgan fingerprint density at radius 3 is 2.00 bits per heavy atom. The molecular formula is C24H20ClFN2. The topological polar surface area (TPSA) is 17.8 Å². The summed E-state index contributed by atoms with van der Waals surface area (Å²) < 4.78 is 16.1. The third-order valence-corrected chi connectivity index (χ3v) is 5.18. The molecule has 28 heavy (non-hydrogen) atoms. The molecule has 0 radical (unpaired) electrons. The van der Waals surface area contributed by atoms with E-state index in [0.29, 0.717) is 22.8 Å². The van der Waals surface area contributed by atoms with Crippen LogP contribution in [0.15, 0.2) is 72.8 Å². The van der Waals surface area contributed by atoms with Crippen molar-refractivity contribution >= 4 is 11.6 Å². The highest BCUT2D eigenvalue weighted by molar-refractivity contribution is 6.35. The number of halogens is 2. The van der Waals surface area contributed by atoms with Crippen LogP contribution < -0.4 is 0 Å². The number of benzene rings is 3. The van der Waals surface area contributed by atoms with Crippen LogP contribution in [0.3, 0.4) is 0 Å². The van der Waals surface area contributed by atoms with Crippen LogP contribution in [0.5, 0.6) is 0 Å². The molecular weight excluding hydrogens is 371 g/mol. The number of aryl methyl sites for hydroxylation is 2. The minimum Gasteiger partial charge on any atom is -0.258 e. The lowest BCUT2D eigenvalue weighted by molar-refractivity contribution is 0.587. The van der Waals surface area contributed by atoms with E-state index in [-0.39, 0.29) is 5.82 Å². The molecule has 1 aromatic heterocycles. The maximum atomic E-state index is 14.3. The molecule has 0 N–H and O–H groups in total. The van der Waals surface area contributed by atoms with E-state index in [4.69, 9.17) is 16.7 Å². The predicted molar refractivity (Wildman–Crippen MR) is 113 cm³/mol. The fraction of sp³-hybridized carbons (Fsp3) is 0.125. The van der Waals surface area contributed by atoms with Crippen LogP contribution in [-0.4, -0.2) is 9.78 Å². The summed E-state index contributed by atoms with van der Waals surface area (Å²) in [5.41, 5.74) is 6.30. The highest BCUT2D eigenvalue weighted by Gasteiger charge is 2.20. The molecule has 0 saturated carbocycles. The molecule has 4 rings (SSSR count). The van der Waals surface area contributed by atoms with Gasteiger partial charge in [-0.1, -0.05) is 89.5 Å². The van der Waals surface area contributed by atoms with Crippen LogP contribution in [0.4, 0.5) is 4.39 Å². The van der Waals surface area contributed by atoms with E-state index >= 15 is 0 Å². The van der Waals surface area contributed by atoms with Gasteiger partial charge in [0.1, 0.15) is 11.5 Å². The van der Waals surface area contributed by atoms with Gasteiger partial charge in [-0.05, 0) is 19.9 Å². The van der Waals surface area contributed by atoms with E-state index in [2.05, 4.69) is 0 Å². The monoisotopic (exact) mass is 390 g/mol. The quantitative estimate of drug-likeness (QED) is 0.380. The van der Waals surface area contributed by atoms with E-state index in [1.807, 2.05) is 68.4 Å². The van der Waals surface area contributed by atoms with Gasteiger partial charge in [0, 0.05) is 16.7 Å². The Labute approximate surface area is 169 Å². The first-order valence-electron chi connectivity index (χ1n) is 9.17. The van der Waals surface area contributed by atoms with Crippen molar-refractivity contribution in [1.82, 2.24) is 9.78 Å². The molecule has 0 fully saturated rings. The summed E-state index contributed by atoms with van der Waals surface area (Å²) >= 11 is 6.81. The van der Waals surface area contributed by atoms with Crippen LogP contribution in [0, 0.1) is 19.7 Å². The van der Waals surface area contributed by atoms with Gasteiger partial charge in [0.05, 0.1) is 17.3 Å². The average Bonchev–Trinajstić information content (AvgIpc) is 3.01. The molecule has 0 amide bonds. The van der Waals surface area contributed by atoms with Crippen LogP contribution in [-0.2, 0) is 6.54 Å². The lowest BCUT2D eigenvalue weighted by Crippen LogP contribution is -2.05. The molecule has 4 aromatic rings. The first-order chi connectivity index (χ1) is 13.5. The predicted octanol–water partition coefficient (Wildman–Crippen LogP) is 6.67. The third-order valence-electron chi connectivity index (χ3n) is 4.82. The number of aromatic nitrogens is 2. The van der Waals surface area contributed by atoms with Crippen molar-refractivity contribution in [2.75, 3.05) is 0 Å². The van der Waals surface area contributed by atoms with E-state index in [9.17, 15) is 4.39 Å². The standard InChI is InChI=1S/C24H20ClFN2/c1-16-7-11-18(12-8-16)23-22(25)24(19-13-9-17(2)10-14-19)28(27-23)15-20-5-3-4-6-21(20)26/h3-14H,15H2,1-2H3. The average molecular weight is 391 g/mol. The van der Waals surface area contributed by atoms with Crippen LogP contribution in [0.25, 0.3) is 22.5 Å². The molecule has 0 spiro atoms. The molecule has 3 aromatic carbocycles. The Balaban J connectivity index is 1.87. The van der Waals surface area contributed by atoms with Gasteiger partial charge < -0.3 is 0 Å². The molecule has 4 heteroatoms. The Morgan fingerprint density at radius 2 is 1.39 bits per heavy atom. The fourth-order valence-corrected chi connectivity index (χ4v) is 3.58. The normalized spacial score (nSPS) is 11.0. The van der Waals surface area contributed by atoms with Crippen molar-refractivity contribution in [3.05, 3.63) is 100 Å². The molecule has 140 valence electrons. The Hall–Kier alpha value is -2.91. The lowest BCUT2D eigenvalue weighted by atomic mass is 10.1. The Morgan fingerprint density at radius 1 is 0.821 bits per heavy atom. The number of hydrogen-bond donors (Lipinski definition) is 0. The van der Waals surface area contributed by atoms with Gasteiger partial charge in [-0.2, -0.15) is 5.10 Å². The summed E-state index contributed by atoms with van der Waals surface area (Å²) in [5, 5.41) is 5.34. The largest absolute Gasteiger partial charge is 0.258 e. The molecule has 0 bridgehead atoms. The van der Waals surface area contributed by atoms with Crippen LogP contribution >= 0.6 is 11.6 Å². The Kier molecular flexibility index (Phi) is 5.01. The zero-order valence-corrected chi connectivity index (χ0v) is 16.5. The second-order valence-electron chi connectivity index (χ2n) is 6.99. The zero-order valence-electron chi connectivity index (χ0n) is 15.8. The maximum Gasteiger partial charge on any atom is 0.128 e. The molecule has 0 unspecified atom stereocenters. The van der Waals surface area contributed by atoms with Crippen molar-refractivity contribution in [2.24, 2.45) is 0 Å². The summed E-state index contributed by atoms with van der Waals surface area (Å²) in [6.07, 6.45) is 0. The summed E-state index contributed by atoms with van der Waals surface area (Å²) in [7, 11) is 0. The van der Waals surface area contributed by atoms with Gasteiger partial charge in [0.2, 0.25) is 0 Å². The van der Waals surface area contributed by atoms with Crippen molar-refractivity contribution in [1.29, 1.82) is 0 Å². The second kappa shape index (κ2) is 7.61. The molecule has 2 nitrogen and oxygen atoms in total. The molecule has 1 heterocycles. The number of hydrogen-bond acceptors (Lipinski definition) is 1. The highest BCUT2D eigenvalue weighted by Crippen LogP contribution is 2.37. The summed E-state index contributed by atoms with van der Waals surface area (Å²) in [4.78, 5) is 0. The molecule has 0 saturated heterocycles. The minimum absolute atomic E-state index is 0.249. The van der Waals surface area contributed by atoms with E-state index in [0.717, 1.165) is 16.8 Å². The molecule has 0 atom stereocenters. The van der Waals surface area contributed by atoms with E-state index in [1.54, 1.807) is 16.8 Å². The highest BCUT2D eigenvalue weighted by atomic mass is 35.5. The van der Waals surface area contributed by atoms with Gasteiger partial charge >= 0.3 is 0 Å². The second-order valence-corrected chi connectivity index (χ2v) is 7.37. The van der Waals surface area contributed by atoms with Crippen LogP contribution in [0.2, 0.25) is 5.02 Å². The zero-order chi connectivity index (χ0) is 19.7. The first-order valence-corrected chi connectivity index (χ1v) is 9.54. The summed E-state index contributed by atoms with van der Waals surface area (Å²) in [5.74, 6) is -0.249. The van der Waals surface area contributed by atoms with Gasteiger partial charge in [-0.15, -0.1) is 0 Å².